The van der Waals surface area contributed by atoms with Crippen molar-refractivity contribution < 1.29 is 23.2 Å². The first-order chi connectivity index (χ1) is 12.7. The zero-order valence-corrected chi connectivity index (χ0v) is 14.5. The Labute approximate surface area is 150 Å². The summed E-state index contributed by atoms with van der Waals surface area (Å²) in [6.45, 7) is 0.390. The highest BCUT2D eigenvalue weighted by Crippen LogP contribution is 2.27. The molecule has 3 aromatic rings. The smallest absolute Gasteiger partial charge is 0.238 e. The molecule has 1 N–H and O–H groups in total. The Morgan fingerprint density at radius 2 is 2.04 bits per heavy atom. The van der Waals surface area contributed by atoms with E-state index >= 15 is 0 Å². The quantitative estimate of drug-likeness (QED) is 0.661. The van der Waals surface area contributed by atoms with Crippen molar-refractivity contribution in [2.75, 3.05) is 14.2 Å². The van der Waals surface area contributed by atoms with Crippen LogP contribution in [0.4, 0.5) is 0 Å². The Bertz CT molecular complexity index is 858. The molecule has 8 nitrogen and oxygen atoms in total. The van der Waals surface area contributed by atoms with Crippen LogP contribution in [0.5, 0.6) is 11.5 Å². The molecule has 0 aliphatic rings. The number of rotatable bonds is 8. The lowest BCUT2D eigenvalue weighted by atomic mass is 10.2. The number of aryl methyl sites for hydroxylation is 1. The third-order valence-electron chi connectivity index (χ3n) is 3.71. The van der Waals surface area contributed by atoms with Gasteiger partial charge in [-0.25, -0.2) is 0 Å². The second-order valence-electron chi connectivity index (χ2n) is 5.46. The van der Waals surface area contributed by atoms with Gasteiger partial charge in [0.05, 0.1) is 20.5 Å². The molecule has 0 bridgehead atoms. The first-order valence-corrected chi connectivity index (χ1v) is 8.03. The molecule has 136 valence electrons. The van der Waals surface area contributed by atoms with Gasteiger partial charge in [0.2, 0.25) is 17.6 Å². The van der Waals surface area contributed by atoms with Crippen LogP contribution in [0.15, 0.2) is 45.5 Å². The number of hydrogen-bond acceptors (Lipinski definition) is 7. The van der Waals surface area contributed by atoms with Gasteiger partial charge in [0, 0.05) is 19.4 Å². The van der Waals surface area contributed by atoms with Crippen LogP contribution in [0.1, 0.15) is 17.9 Å². The molecule has 0 saturated heterocycles. The maximum absolute atomic E-state index is 12.0. The van der Waals surface area contributed by atoms with Gasteiger partial charge in [0.15, 0.2) is 17.3 Å². The number of benzene rings is 1. The van der Waals surface area contributed by atoms with Crippen molar-refractivity contribution in [3.05, 3.63) is 48.0 Å². The number of aromatic nitrogens is 2. The molecule has 2 aromatic heterocycles. The van der Waals surface area contributed by atoms with Crippen molar-refractivity contribution in [2.45, 2.75) is 19.4 Å². The summed E-state index contributed by atoms with van der Waals surface area (Å²) in [5.74, 6) is 2.44. The summed E-state index contributed by atoms with van der Waals surface area (Å²) in [6, 6.07) is 8.98. The fourth-order valence-corrected chi connectivity index (χ4v) is 2.36. The number of hydrogen-bond donors (Lipinski definition) is 1. The molecule has 8 heteroatoms. The van der Waals surface area contributed by atoms with Crippen molar-refractivity contribution in [2.24, 2.45) is 0 Å². The standard InChI is InChI=1S/C18H19N3O5/c1-23-13-6-5-12(10-15(13)24-2)11-19-16(22)7-8-17-20-18(21-26-17)14-4-3-9-25-14/h3-6,9-10H,7-8,11H2,1-2H3,(H,19,22). The molecule has 0 radical (unpaired) electrons. The van der Waals surface area contributed by atoms with Gasteiger partial charge < -0.3 is 23.7 Å². The minimum Gasteiger partial charge on any atom is -0.493 e. The molecular formula is C18H19N3O5. The summed E-state index contributed by atoms with van der Waals surface area (Å²) in [5, 5.41) is 6.68. The van der Waals surface area contributed by atoms with E-state index in [1.807, 2.05) is 12.1 Å². The predicted molar refractivity (Wildman–Crippen MR) is 91.7 cm³/mol. The minimum absolute atomic E-state index is 0.113. The number of carbonyl (C=O) groups excluding carboxylic acids is 1. The molecule has 0 aliphatic heterocycles. The molecule has 26 heavy (non-hydrogen) atoms. The van der Waals surface area contributed by atoms with Crippen LogP contribution in [0, 0.1) is 0 Å². The second kappa shape index (κ2) is 8.19. The van der Waals surface area contributed by atoms with E-state index in [-0.39, 0.29) is 12.3 Å². The molecule has 0 atom stereocenters. The van der Waals surface area contributed by atoms with Crippen LogP contribution < -0.4 is 14.8 Å². The van der Waals surface area contributed by atoms with Crippen molar-refractivity contribution in [1.29, 1.82) is 0 Å². The molecule has 1 aromatic carbocycles. The number of nitrogens with zero attached hydrogens (tertiary/aromatic N) is 2. The number of amides is 1. The summed E-state index contributed by atoms with van der Waals surface area (Å²) in [5.41, 5.74) is 0.911. The topological polar surface area (TPSA) is 99.6 Å². The van der Waals surface area contributed by atoms with Gasteiger partial charge >= 0.3 is 0 Å². The fraction of sp³-hybridized carbons (Fsp3) is 0.278. The van der Waals surface area contributed by atoms with E-state index in [0.29, 0.717) is 41.9 Å². The van der Waals surface area contributed by atoms with Gasteiger partial charge in [-0.05, 0) is 29.8 Å². The third kappa shape index (κ3) is 4.21. The van der Waals surface area contributed by atoms with Crippen LogP contribution >= 0.6 is 0 Å². The molecule has 0 fully saturated rings. The van der Waals surface area contributed by atoms with Gasteiger partial charge in [0.1, 0.15) is 0 Å². The lowest BCUT2D eigenvalue weighted by molar-refractivity contribution is -0.121. The number of methoxy groups -OCH3 is 2. The number of furan rings is 1. The van der Waals surface area contributed by atoms with Crippen molar-refractivity contribution in [3.8, 4) is 23.1 Å². The average Bonchev–Trinajstić information content (AvgIpc) is 3.35. The second-order valence-corrected chi connectivity index (χ2v) is 5.46. The summed E-state index contributed by atoms with van der Waals surface area (Å²) in [7, 11) is 3.15. The van der Waals surface area contributed by atoms with Crippen molar-refractivity contribution in [3.63, 3.8) is 0 Å². The zero-order valence-electron chi connectivity index (χ0n) is 14.5. The van der Waals surface area contributed by atoms with Crippen molar-refractivity contribution >= 4 is 5.91 Å². The van der Waals surface area contributed by atoms with Gasteiger partial charge in [-0.3, -0.25) is 4.79 Å². The summed E-state index contributed by atoms with van der Waals surface area (Å²) < 4.78 is 20.8. The van der Waals surface area contributed by atoms with E-state index in [1.54, 1.807) is 32.4 Å². The average molecular weight is 357 g/mol. The Hall–Kier alpha value is -3.29. The summed E-state index contributed by atoms with van der Waals surface area (Å²) in [4.78, 5) is 16.2. The Morgan fingerprint density at radius 1 is 1.19 bits per heavy atom. The third-order valence-corrected chi connectivity index (χ3v) is 3.71. The van der Waals surface area contributed by atoms with Crippen LogP contribution in [0.2, 0.25) is 0 Å². The van der Waals surface area contributed by atoms with Gasteiger partial charge in [0.25, 0.3) is 0 Å². The first kappa shape index (κ1) is 17.5. The molecule has 0 unspecified atom stereocenters. The Kier molecular flexibility index (Phi) is 5.52. The Morgan fingerprint density at radius 3 is 2.77 bits per heavy atom. The molecule has 3 rings (SSSR count). The molecule has 0 aliphatic carbocycles. The van der Waals surface area contributed by atoms with Crippen LogP contribution in [-0.2, 0) is 17.8 Å². The van der Waals surface area contributed by atoms with Gasteiger partial charge in [-0.1, -0.05) is 11.2 Å². The maximum atomic E-state index is 12.0. The summed E-state index contributed by atoms with van der Waals surface area (Å²) in [6.07, 6.45) is 2.13. The highest BCUT2D eigenvalue weighted by molar-refractivity contribution is 5.76. The lowest BCUT2D eigenvalue weighted by Crippen LogP contribution is -2.23. The molecular weight excluding hydrogens is 338 g/mol. The predicted octanol–water partition coefficient (Wildman–Crippen LogP) is 2.60. The fourth-order valence-electron chi connectivity index (χ4n) is 2.36. The lowest BCUT2D eigenvalue weighted by Gasteiger charge is -2.10. The van der Waals surface area contributed by atoms with Crippen LogP contribution in [-0.4, -0.2) is 30.3 Å². The van der Waals surface area contributed by atoms with E-state index in [1.165, 1.54) is 6.26 Å². The molecule has 0 saturated carbocycles. The number of nitrogens with one attached hydrogen (secondary N) is 1. The normalized spacial score (nSPS) is 10.5. The highest BCUT2D eigenvalue weighted by atomic mass is 16.5. The van der Waals surface area contributed by atoms with Crippen LogP contribution in [0.3, 0.4) is 0 Å². The van der Waals surface area contributed by atoms with E-state index in [9.17, 15) is 4.79 Å². The van der Waals surface area contributed by atoms with E-state index in [2.05, 4.69) is 15.5 Å². The highest BCUT2D eigenvalue weighted by Gasteiger charge is 2.12. The molecule has 1 amide bonds. The first-order valence-electron chi connectivity index (χ1n) is 8.03. The summed E-state index contributed by atoms with van der Waals surface area (Å²) >= 11 is 0. The van der Waals surface area contributed by atoms with E-state index in [0.717, 1.165) is 5.56 Å². The van der Waals surface area contributed by atoms with E-state index in [4.69, 9.17) is 18.4 Å². The monoisotopic (exact) mass is 357 g/mol. The van der Waals surface area contributed by atoms with Gasteiger partial charge in [-0.15, -0.1) is 0 Å². The number of carbonyl (C=O) groups is 1. The molecule has 2 heterocycles. The molecule has 0 spiro atoms. The maximum Gasteiger partial charge on any atom is 0.238 e. The SMILES string of the molecule is COc1ccc(CNC(=O)CCc2nc(-c3ccco3)no2)cc1OC. The Balaban J connectivity index is 1.49. The largest absolute Gasteiger partial charge is 0.493 e. The minimum atomic E-state index is -0.113. The van der Waals surface area contributed by atoms with Gasteiger partial charge in [-0.2, -0.15) is 4.98 Å². The van der Waals surface area contributed by atoms with E-state index < -0.39 is 0 Å². The number of ether oxygens (including phenoxy) is 2. The van der Waals surface area contributed by atoms with Crippen LogP contribution in [0.25, 0.3) is 11.6 Å². The zero-order chi connectivity index (χ0) is 18.4. The van der Waals surface area contributed by atoms with Crippen molar-refractivity contribution in [1.82, 2.24) is 15.5 Å².